The van der Waals surface area contributed by atoms with E-state index in [1.54, 1.807) is 12.0 Å². The highest BCUT2D eigenvalue weighted by Crippen LogP contribution is 2.43. The van der Waals surface area contributed by atoms with Crippen LogP contribution in [0.4, 0.5) is 0 Å². The number of para-hydroxylation sites is 1. The van der Waals surface area contributed by atoms with E-state index in [1.807, 2.05) is 54.1 Å². The summed E-state index contributed by atoms with van der Waals surface area (Å²) in [5.74, 6) is 0.518. The third-order valence-electron chi connectivity index (χ3n) is 6.89. The zero-order valence-electron chi connectivity index (χ0n) is 19.2. The fraction of sp³-hybridized carbons (Fsp3) is 0.385. The molecule has 172 valence electrons. The van der Waals surface area contributed by atoms with Gasteiger partial charge in [-0.3, -0.25) is 9.59 Å². The number of likely N-dealkylation sites (tertiary alicyclic amines) is 1. The second kappa shape index (κ2) is 8.90. The molecule has 5 rings (SSSR count). The van der Waals surface area contributed by atoms with Crippen molar-refractivity contribution in [2.75, 3.05) is 39.8 Å². The van der Waals surface area contributed by atoms with Gasteiger partial charge in [0.25, 0.3) is 5.91 Å². The number of amides is 2. The average Bonchev–Trinajstić information content (AvgIpc) is 3.52. The number of fused-ring (bicyclic) bond motifs is 3. The molecule has 1 N–H and O–H groups in total. The summed E-state index contributed by atoms with van der Waals surface area (Å²) in [7, 11) is 3.56. The van der Waals surface area contributed by atoms with Crippen molar-refractivity contribution in [3.63, 3.8) is 0 Å². The van der Waals surface area contributed by atoms with Crippen LogP contribution in [-0.4, -0.2) is 66.0 Å². The maximum absolute atomic E-state index is 13.6. The molecular weight excluding hydrogens is 416 g/mol. The molecule has 1 fully saturated rings. The molecule has 0 aliphatic carbocycles. The van der Waals surface area contributed by atoms with Gasteiger partial charge in [-0.25, -0.2) is 0 Å². The van der Waals surface area contributed by atoms with E-state index < -0.39 is 0 Å². The summed E-state index contributed by atoms with van der Waals surface area (Å²) in [4.78, 5) is 30.5. The number of hydrogen-bond donors (Lipinski definition) is 1. The summed E-state index contributed by atoms with van der Waals surface area (Å²) < 4.78 is 7.28. The lowest BCUT2D eigenvalue weighted by Crippen LogP contribution is -2.42. The van der Waals surface area contributed by atoms with Crippen LogP contribution in [0.3, 0.4) is 0 Å². The molecule has 1 saturated heterocycles. The molecule has 2 aliphatic rings. The molecule has 1 atom stereocenters. The lowest BCUT2D eigenvalue weighted by molar-refractivity contribution is -0.122. The Morgan fingerprint density at radius 3 is 2.55 bits per heavy atom. The van der Waals surface area contributed by atoms with Gasteiger partial charge in [0.15, 0.2) is 0 Å². The van der Waals surface area contributed by atoms with Gasteiger partial charge in [-0.2, -0.15) is 0 Å². The first-order valence-electron chi connectivity index (χ1n) is 11.6. The first kappa shape index (κ1) is 21.5. The Balaban J connectivity index is 1.44. The van der Waals surface area contributed by atoms with Gasteiger partial charge >= 0.3 is 0 Å². The smallest absolute Gasteiger partial charge is 0.272 e. The van der Waals surface area contributed by atoms with Crippen LogP contribution in [0.2, 0.25) is 0 Å². The summed E-state index contributed by atoms with van der Waals surface area (Å²) >= 11 is 0. The first-order chi connectivity index (χ1) is 16.1. The minimum Gasteiger partial charge on any atom is -0.497 e. The van der Waals surface area contributed by atoms with E-state index in [9.17, 15) is 9.59 Å². The Labute approximate surface area is 193 Å². The highest BCUT2D eigenvalue weighted by atomic mass is 16.5. The normalized spacial score (nSPS) is 18.2. The number of ether oxygens (including phenoxy) is 1. The standard InChI is InChI=1S/C26H30N4O3/c1-28-21-8-4-3-7-20(21)23-24(18-9-11-19(33-2)12-10-18)30(26(32)25(23)28)17-22(31)27-13-16-29-14-5-6-15-29/h3-4,7-12,24H,5-6,13-17H2,1-2H3,(H,27,31). The van der Waals surface area contributed by atoms with Gasteiger partial charge in [0.05, 0.1) is 13.2 Å². The fourth-order valence-electron chi connectivity index (χ4n) is 5.23. The second-order valence-electron chi connectivity index (χ2n) is 8.85. The number of aryl methyl sites for hydroxylation is 1. The van der Waals surface area contributed by atoms with E-state index in [2.05, 4.69) is 16.3 Å². The van der Waals surface area contributed by atoms with E-state index in [4.69, 9.17) is 4.74 Å². The third kappa shape index (κ3) is 3.86. The molecule has 7 nitrogen and oxygen atoms in total. The topological polar surface area (TPSA) is 66.8 Å². The van der Waals surface area contributed by atoms with Crippen LogP contribution in [0.15, 0.2) is 48.5 Å². The van der Waals surface area contributed by atoms with E-state index in [0.29, 0.717) is 12.2 Å². The van der Waals surface area contributed by atoms with E-state index in [1.165, 1.54) is 12.8 Å². The fourth-order valence-corrected chi connectivity index (χ4v) is 5.23. The van der Waals surface area contributed by atoms with Crippen LogP contribution in [0.5, 0.6) is 5.75 Å². The number of nitrogens with one attached hydrogen (secondary N) is 1. The zero-order valence-corrected chi connectivity index (χ0v) is 19.2. The van der Waals surface area contributed by atoms with Crippen molar-refractivity contribution in [1.82, 2.24) is 19.7 Å². The summed E-state index contributed by atoms with van der Waals surface area (Å²) in [6.45, 7) is 3.68. The molecule has 2 amide bonds. The molecular formula is C26H30N4O3. The summed E-state index contributed by atoms with van der Waals surface area (Å²) in [5.41, 5.74) is 3.60. The first-order valence-corrected chi connectivity index (χ1v) is 11.6. The number of carbonyl (C=O) groups is 2. The van der Waals surface area contributed by atoms with Crippen molar-refractivity contribution < 1.29 is 14.3 Å². The van der Waals surface area contributed by atoms with Gasteiger partial charge < -0.3 is 24.4 Å². The van der Waals surface area contributed by atoms with E-state index >= 15 is 0 Å². The lowest BCUT2D eigenvalue weighted by atomic mass is 9.98. The number of benzene rings is 2. The van der Waals surface area contributed by atoms with Gasteiger partial charge in [-0.05, 0) is 49.7 Å². The maximum Gasteiger partial charge on any atom is 0.272 e. The van der Waals surface area contributed by atoms with Crippen LogP contribution in [0, 0.1) is 0 Å². The lowest BCUT2D eigenvalue weighted by Gasteiger charge is -2.26. The number of carbonyl (C=O) groups excluding carboxylic acids is 2. The summed E-state index contributed by atoms with van der Waals surface area (Å²) in [6, 6.07) is 15.5. The molecule has 7 heteroatoms. The molecule has 0 radical (unpaired) electrons. The van der Waals surface area contributed by atoms with Crippen molar-refractivity contribution in [3.8, 4) is 5.75 Å². The Bertz CT molecular complexity index is 1180. The molecule has 1 aromatic heterocycles. The van der Waals surface area contributed by atoms with Crippen molar-refractivity contribution in [1.29, 1.82) is 0 Å². The predicted molar refractivity (Wildman–Crippen MR) is 127 cm³/mol. The van der Waals surface area contributed by atoms with Crippen molar-refractivity contribution in [2.24, 2.45) is 7.05 Å². The van der Waals surface area contributed by atoms with Crippen LogP contribution < -0.4 is 10.1 Å². The molecule has 3 heterocycles. The van der Waals surface area contributed by atoms with Gasteiger partial charge in [-0.15, -0.1) is 0 Å². The molecule has 0 saturated carbocycles. The summed E-state index contributed by atoms with van der Waals surface area (Å²) in [6.07, 6.45) is 2.46. The molecule has 1 unspecified atom stereocenters. The van der Waals surface area contributed by atoms with Crippen LogP contribution >= 0.6 is 0 Å². The molecule has 3 aromatic rings. The van der Waals surface area contributed by atoms with Crippen LogP contribution in [0.1, 0.15) is 40.5 Å². The number of rotatable bonds is 7. The minimum absolute atomic E-state index is 0.0263. The Morgan fingerprint density at radius 2 is 1.82 bits per heavy atom. The van der Waals surface area contributed by atoms with Crippen molar-refractivity contribution >= 4 is 22.7 Å². The minimum atomic E-state index is -0.325. The van der Waals surface area contributed by atoms with Gasteiger partial charge in [0.2, 0.25) is 5.91 Å². The van der Waals surface area contributed by atoms with Crippen LogP contribution in [0.25, 0.3) is 10.9 Å². The summed E-state index contributed by atoms with van der Waals surface area (Å²) in [5, 5.41) is 4.06. The predicted octanol–water partition coefficient (Wildman–Crippen LogP) is 2.94. The number of aromatic nitrogens is 1. The van der Waals surface area contributed by atoms with E-state index in [-0.39, 0.29) is 24.4 Å². The quantitative estimate of drug-likeness (QED) is 0.606. The third-order valence-corrected chi connectivity index (χ3v) is 6.89. The molecule has 33 heavy (non-hydrogen) atoms. The van der Waals surface area contributed by atoms with Crippen molar-refractivity contribution in [3.05, 3.63) is 65.4 Å². The van der Waals surface area contributed by atoms with Gasteiger partial charge in [0.1, 0.15) is 18.0 Å². The van der Waals surface area contributed by atoms with E-state index in [0.717, 1.165) is 47.4 Å². The van der Waals surface area contributed by atoms with Gasteiger partial charge in [0, 0.05) is 36.6 Å². The van der Waals surface area contributed by atoms with Gasteiger partial charge in [-0.1, -0.05) is 30.3 Å². The molecule has 0 spiro atoms. The number of hydrogen-bond acceptors (Lipinski definition) is 4. The number of nitrogens with zero attached hydrogens (tertiary/aromatic N) is 3. The van der Waals surface area contributed by atoms with Crippen LogP contribution in [-0.2, 0) is 11.8 Å². The highest BCUT2D eigenvalue weighted by molar-refractivity contribution is 6.07. The Kier molecular flexibility index (Phi) is 5.81. The SMILES string of the molecule is COc1ccc(C2c3c(n(C)c4ccccc34)C(=O)N2CC(=O)NCCN2CCCC2)cc1. The molecule has 0 bridgehead atoms. The average molecular weight is 447 g/mol. The zero-order chi connectivity index (χ0) is 22.9. The Hall–Kier alpha value is -3.32. The molecule has 2 aromatic carbocycles. The number of methoxy groups -OCH3 is 1. The Morgan fingerprint density at radius 1 is 1.09 bits per heavy atom. The maximum atomic E-state index is 13.6. The molecule has 2 aliphatic heterocycles. The monoisotopic (exact) mass is 446 g/mol. The largest absolute Gasteiger partial charge is 0.497 e. The highest BCUT2D eigenvalue weighted by Gasteiger charge is 2.42. The second-order valence-corrected chi connectivity index (χ2v) is 8.85. The van der Waals surface area contributed by atoms with Crippen molar-refractivity contribution in [2.45, 2.75) is 18.9 Å².